The van der Waals surface area contributed by atoms with E-state index in [1.807, 2.05) is 50.2 Å². The molecule has 1 aromatic carbocycles. The highest BCUT2D eigenvalue weighted by Gasteiger charge is 2.01. The first-order chi connectivity index (χ1) is 8.15. The van der Waals surface area contributed by atoms with Crippen LogP contribution in [0.2, 0.25) is 0 Å². The molecule has 17 heavy (non-hydrogen) atoms. The number of ether oxygens (including phenoxy) is 1. The second-order valence-electron chi connectivity index (χ2n) is 4.10. The minimum Gasteiger partial charge on any atom is -0.456 e. The molecule has 0 saturated heterocycles. The van der Waals surface area contributed by atoms with Crippen molar-refractivity contribution in [2.45, 2.75) is 19.9 Å². The van der Waals surface area contributed by atoms with E-state index in [-0.39, 0.29) is 6.04 Å². The van der Waals surface area contributed by atoms with Gasteiger partial charge in [0.1, 0.15) is 11.5 Å². The second kappa shape index (κ2) is 4.97. The largest absolute Gasteiger partial charge is 0.456 e. The average Bonchev–Trinajstić information content (AvgIpc) is 2.33. The molecule has 1 heterocycles. The summed E-state index contributed by atoms with van der Waals surface area (Å²) in [5.74, 6) is 1.53. The zero-order chi connectivity index (χ0) is 12.3. The minimum absolute atomic E-state index is 0.0464. The predicted octanol–water partition coefficient (Wildman–Crippen LogP) is 3.20. The van der Waals surface area contributed by atoms with Gasteiger partial charge in [0.05, 0.1) is 6.20 Å². The molecule has 0 saturated carbocycles. The third-order valence-electron chi connectivity index (χ3n) is 2.53. The Balaban J connectivity index is 2.11. The van der Waals surface area contributed by atoms with Crippen LogP contribution in [0.4, 0.5) is 0 Å². The van der Waals surface area contributed by atoms with Gasteiger partial charge in [-0.25, -0.2) is 0 Å². The maximum Gasteiger partial charge on any atom is 0.145 e. The lowest BCUT2D eigenvalue weighted by Crippen LogP contribution is -2.04. The van der Waals surface area contributed by atoms with Gasteiger partial charge < -0.3 is 10.5 Å². The standard InChI is InChI=1S/C14H16N2O/c1-10-3-6-14(9-16-10)17-13-7-4-12(5-8-13)11(2)15/h3-9,11H,15H2,1-2H3. The van der Waals surface area contributed by atoms with Gasteiger partial charge in [0.25, 0.3) is 0 Å². The zero-order valence-corrected chi connectivity index (χ0v) is 10.1. The van der Waals surface area contributed by atoms with Gasteiger partial charge in [-0.1, -0.05) is 12.1 Å². The van der Waals surface area contributed by atoms with E-state index in [2.05, 4.69) is 4.98 Å². The molecule has 0 aliphatic rings. The molecule has 0 bridgehead atoms. The molecule has 1 atom stereocenters. The van der Waals surface area contributed by atoms with Crippen molar-refractivity contribution in [1.29, 1.82) is 0 Å². The van der Waals surface area contributed by atoms with Crippen molar-refractivity contribution in [3.8, 4) is 11.5 Å². The number of rotatable bonds is 3. The summed E-state index contributed by atoms with van der Waals surface area (Å²) in [5, 5.41) is 0. The van der Waals surface area contributed by atoms with Crippen molar-refractivity contribution in [3.05, 3.63) is 53.9 Å². The molecule has 1 unspecified atom stereocenters. The number of hydrogen-bond acceptors (Lipinski definition) is 3. The first kappa shape index (κ1) is 11.6. The van der Waals surface area contributed by atoms with E-state index in [9.17, 15) is 0 Å². The molecule has 2 rings (SSSR count). The number of nitrogens with two attached hydrogens (primary N) is 1. The monoisotopic (exact) mass is 228 g/mol. The van der Waals surface area contributed by atoms with Gasteiger partial charge in [-0.2, -0.15) is 0 Å². The number of aryl methyl sites for hydroxylation is 1. The Morgan fingerprint density at radius 3 is 2.24 bits per heavy atom. The Kier molecular flexibility index (Phi) is 3.40. The quantitative estimate of drug-likeness (QED) is 0.877. The highest BCUT2D eigenvalue weighted by molar-refractivity contribution is 5.33. The summed E-state index contributed by atoms with van der Waals surface area (Å²) >= 11 is 0. The van der Waals surface area contributed by atoms with Gasteiger partial charge in [-0.05, 0) is 43.7 Å². The minimum atomic E-state index is 0.0464. The SMILES string of the molecule is Cc1ccc(Oc2ccc(C(C)N)cc2)cn1. The van der Waals surface area contributed by atoms with Crippen molar-refractivity contribution in [1.82, 2.24) is 4.98 Å². The van der Waals surface area contributed by atoms with E-state index in [1.165, 1.54) is 0 Å². The van der Waals surface area contributed by atoms with Crippen LogP contribution in [-0.2, 0) is 0 Å². The Labute approximate surface area is 101 Å². The zero-order valence-electron chi connectivity index (χ0n) is 10.1. The molecule has 2 N–H and O–H groups in total. The number of benzene rings is 1. The van der Waals surface area contributed by atoms with Gasteiger partial charge in [-0.15, -0.1) is 0 Å². The Morgan fingerprint density at radius 2 is 1.71 bits per heavy atom. The lowest BCUT2D eigenvalue weighted by atomic mass is 10.1. The van der Waals surface area contributed by atoms with Gasteiger partial charge >= 0.3 is 0 Å². The van der Waals surface area contributed by atoms with E-state index in [1.54, 1.807) is 6.20 Å². The summed E-state index contributed by atoms with van der Waals surface area (Å²) in [6, 6.07) is 11.7. The molecule has 0 radical (unpaired) electrons. The Hall–Kier alpha value is -1.87. The molecule has 0 aliphatic heterocycles. The molecule has 0 fully saturated rings. The summed E-state index contributed by atoms with van der Waals surface area (Å²) < 4.78 is 5.66. The molecular weight excluding hydrogens is 212 g/mol. The number of aromatic nitrogens is 1. The maximum absolute atomic E-state index is 5.78. The number of pyridine rings is 1. The normalized spacial score (nSPS) is 12.2. The highest BCUT2D eigenvalue weighted by atomic mass is 16.5. The van der Waals surface area contributed by atoms with Crippen LogP contribution in [-0.4, -0.2) is 4.98 Å². The summed E-state index contributed by atoms with van der Waals surface area (Å²) in [4.78, 5) is 4.18. The lowest BCUT2D eigenvalue weighted by Gasteiger charge is -2.08. The summed E-state index contributed by atoms with van der Waals surface area (Å²) in [6.45, 7) is 3.90. The van der Waals surface area contributed by atoms with Crippen molar-refractivity contribution in [2.24, 2.45) is 5.73 Å². The van der Waals surface area contributed by atoms with E-state index in [0.29, 0.717) is 0 Å². The molecular formula is C14H16N2O. The summed E-state index contributed by atoms with van der Waals surface area (Å²) in [7, 11) is 0. The van der Waals surface area contributed by atoms with Gasteiger partial charge in [0, 0.05) is 11.7 Å². The van der Waals surface area contributed by atoms with Crippen LogP contribution in [0.15, 0.2) is 42.6 Å². The van der Waals surface area contributed by atoms with Gasteiger partial charge in [0.15, 0.2) is 0 Å². The molecule has 3 nitrogen and oxygen atoms in total. The van der Waals surface area contributed by atoms with Gasteiger partial charge in [0.2, 0.25) is 0 Å². The van der Waals surface area contributed by atoms with E-state index in [4.69, 9.17) is 10.5 Å². The molecule has 0 aliphatic carbocycles. The van der Waals surface area contributed by atoms with Crippen LogP contribution in [0.3, 0.4) is 0 Å². The first-order valence-corrected chi connectivity index (χ1v) is 5.61. The maximum atomic E-state index is 5.78. The molecule has 88 valence electrons. The van der Waals surface area contributed by atoms with Crippen molar-refractivity contribution in [2.75, 3.05) is 0 Å². The average molecular weight is 228 g/mol. The summed E-state index contributed by atoms with van der Waals surface area (Å²) in [6.07, 6.45) is 1.72. The Bertz CT molecular complexity index is 475. The molecule has 2 aromatic rings. The van der Waals surface area contributed by atoms with E-state index < -0.39 is 0 Å². The number of nitrogens with zero attached hydrogens (tertiary/aromatic N) is 1. The van der Waals surface area contributed by atoms with E-state index in [0.717, 1.165) is 22.8 Å². The van der Waals surface area contributed by atoms with Crippen molar-refractivity contribution >= 4 is 0 Å². The van der Waals surface area contributed by atoms with Crippen LogP contribution in [0.5, 0.6) is 11.5 Å². The molecule has 0 spiro atoms. The van der Waals surface area contributed by atoms with Crippen molar-refractivity contribution < 1.29 is 4.74 Å². The smallest absolute Gasteiger partial charge is 0.145 e. The molecule has 1 aromatic heterocycles. The lowest BCUT2D eigenvalue weighted by molar-refractivity contribution is 0.479. The highest BCUT2D eigenvalue weighted by Crippen LogP contribution is 2.22. The van der Waals surface area contributed by atoms with Crippen LogP contribution in [0.25, 0.3) is 0 Å². The first-order valence-electron chi connectivity index (χ1n) is 5.61. The molecule has 0 amide bonds. The fraction of sp³-hybridized carbons (Fsp3) is 0.214. The fourth-order valence-electron chi connectivity index (χ4n) is 1.49. The fourth-order valence-corrected chi connectivity index (χ4v) is 1.49. The Morgan fingerprint density at radius 1 is 1.06 bits per heavy atom. The van der Waals surface area contributed by atoms with Crippen LogP contribution >= 0.6 is 0 Å². The van der Waals surface area contributed by atoms with Crippen molar-refractivity contribution in [3.63, 3.8) is 0 Å². The van der Waals surface area contributed by atoms with E-state index >= 15 is 0 Å². The third kappa shape index (κ3) is 3.04. The summed E-state index contributed by atoms with van der Waals surface area (Å²) in [5.41, 5.74) is 7.86. The molecule has 3 heteroatoms. The second-order valence-corrected chi connectivity index (χ2v) is 4.10. The third-order valence-corrected chi connectivity index (χ3v) is 2.53. The van der Waals surface area contributed by atoms with Gasteiger partial charge in [-0.3, -0.25) is 4.98 Å². The van der Waals surface area contributed by atoms with Crippen LogP contribution in [0, 0.1) is 6.92 Å². The topological polar surface area (TPSA) is 48.1 Å². The van der Waals surface area contributed by atoms with Crippen LogP contribution < -0.4 is 10.5 Å². The van der Waals surface area contributed by atoms with Crippen LogP contribution in [0.1, 0.15) is 24.2 Å². The predicted molar refractivity (Wildman–Crippen MR) is 68.1 cm³/mol. The number of hydrogen-bond donors (Lipinski definition) is 1.